The topological polar surface area (TPSA) is 101 Å². The molecule has 4 heterocycles. The number of imidazole rings is 1. The summed E-state index contributed by atoms with van der Waals surface area (Å²) in [4.78, 5) is 28.5. The molecule has 0 spiro atoms. The molecule has 1 aliphatic heterocycles. The van der Waals surface area contributed by atoms with E-state index in [0.29, 0.717) is 24.2 Å². The van der Waals surface area contributed by atoms with Gasteiger partial charge < -0.3 is 18.7 Å². The fourth-order valence-electron chi connectivity index (χ4n) is 3.52. The number of oxazole rings is 2. The van der Waals surface area contributed by atoms with Gasteiger partial charge in [-0.2, -0.15) is 13.2 Å². The average molecular weight is 421 g/mol. The van der Waals surface area contributed by atoms with E-state index in [0.717, 1.165) is 4.90 Å². The molecule has 3 aromatic heterocycles. The van der Waals surface area contributed by atoms with Crippen LogP contribution in [0.4, 0.5) is 17.6 Å². The van der Waals surface area contributed by atoms with Crippen LogP contribution in [0.3, 0.4) is 0 Å². The number of carbonyl (C=O) groups is 1. The quantitative estimate of drug-likeness (QED) is 0.498. The van der Waals surface area contributed by atoms with Gasteiger partial charge >= 0.3 is 6.18 Å². The van der Waals surface area contributed by atoms with E-state index in [9.17, 15) is 22.4 Å². The molecule has 1 atom stereocenters. The molecule has 0 saturated heterocycles. The minimum Gasteiger partial charge on any atom is -0.438 e. The minimum absolute atomic E-state index is 0.0257. The molecule has 1 aliphatic rings. The van der Waals surface area contributed by atoms with Crippen molar-refractivity contribution in [2.75, 3.05) is 6.54 Å². The Morgan fingerprint density at radius 1 is 1.27 bits per heavy atom. The maximum Gasteiger partial charge on any atom is 0.437 e. The van der Waals surface area contributed by atoms with Gasteiger partial charge in [0, 0.05) is 18.7 Å². The lowest BCUT2D eigenvalue weighted by molar-refractivity contribution is -0.141. The van der Waals surface area contributed by atoms with Crippen LogP contribution in [0, 0.1) is 5.82 Å². The van der Waals surface area contributed by atoms with Crippen LogP contribution >= 0.6 is 0 Å². The van der Waals surface area contributed by atoms with E-state index in [-0.39, 0.29) is 23.5 Å². The second-order valence-electron chi connectivity index (χ2n) is 6.58. The Bertz CT molecular complexity index is 1260. The van der Waals surface area contributed by atoms with Crippen LogP contribution in [0.2, 0.25) is 0 Å². The predicted octanol–water partition coefficient (Wildman–Crippen LogP) is 3.48. The summed E-state index contributed by atoms with van der Waals surface area (Å²) in [7, 11) is 0. The van der Waals surface area contributed by atoms with Crippen LogP contribution in [-0.4, -0.2) is 37.3 Å². The first-order chi connectivity index (χ1) is 14.3. The summed E-state index contributed by atoms with van der Waals surface area (Å²) in [6.45, 7) is 0.0257. The molecule has 1 aromatic carbocycles. The fourth-order valence-corrected chi connectivity index (χ4v) is 3.52. The smallest absolute Gasteiger partial charge is 0.437 e. The summed E-state index contributed by atoms with van der Waals surface area (Å²) < 4.78 is 64.2. The Hall–Kier alpha value is -3.70. The molecular weight excluding hydrogens is 410 g/mol. The number of fused-ring (bicyclic) bond motifs is 2. The van der Waals surface area contributed by atoms with Crippen LogP contribution in [0.1, 0.15) is 39.6 Å². The highest BCUT2D eigenvalue weighted by Crippen LogP contribution is 2.38. The third kappa shape index (κ3) is 2.75. The van der Waals surface area contributed by atoms with Crippen molar-refractivity contribution in [1.29, 1.82) is 0 Å². The number of halogens is 4. The number of aromatic nitrogens is 4. The second-order valence-corrected chi connectivity index (χ2v) is 6.58. The van der Waals surface area contributed by atoms with Gasteiger partial charge in [0.15, 0.2) is 29.5 Å². The second kappa shape index (κ2) is 6.40. The molecule has 5 rings (SSSR count). The Morgan fingerprint density at radius 2 is 2.10 bits per heavy atom. The number of benzene rings is 1. The lowest BCUT2D eigenvalue weighted by Crippen LogP contribution is -2.41. The Balaban J connectivity index is 1.63. The number of nitrogens with one attached hydrogen (secondary N) is 1. The van der Waals surface area contributed by atoms with E-state index in [1.54, 1.807) is 0 Å². The standard InChI is InChI=1S/C18H11F4N5O3/c19-8-2-1-3-10-11(8)26-16(30-10)13-12-9(23-6-24-12)4-5-27(13)17(28)14-15(18(20,21)22)25-7-29-14/h1-3,6-7,13H,4-5H2,(H,23,24)/t13-/m0/s1. The van der Waals surface area contributed by atoms with Crippen molar-refractivity contribution >= 4 is 17.0 Å². The van der Waals surface area contributed by atoms with Gasteiger partial charge in [-0.25, -0.2) is 19.3 Å². The van der Waals surface area contributed by atoms with Gasteiger partial charge in [-0.1, -0.05) is 6.07 Å². The summed E-state index contributed by atoms with van der Waals surface area (Å²) in [5, 5.41) is 0. The van der Waals surface area contributed by atoms with Crippen LogP contribution in [0.5, 0.6) is 0 Å². The minimum atomic E-state index is -4.87. The molecule has 0 saturated carbocycles. The normalized spacial score (nSPS) is 16.8. The molecule has 0 unspecified atom stereocenters. The summed E-state index contributed by atoms with van der Waals surface area (Å²) in [5.74, 6) is -2.72. The van der Waals surface area contributed by atoms with E-state index in [4.69, 9.17) is 8.83 Å². The third-order valence-electron chi connectivity index (χ3n) is 4.84. The molecule has 1 N–H and O–H groups in total. The first-order valence-corrected chi connectivity index (χ1v) is 8.73. The largest absolute Gasteiger partial charge is 0.438 e. The molecule has 154 valence electrons. The fraction of sp³-hybridized carbons (Fsp3) is 0.222. The molecule has 12 heteroatoms. The molecule has 8 nitrogen and oxygen atoms in total. The third-order valence-corrected chi connectivity index (χ3v) is 4.84. The number of H-pyrrole nitrogens is 1. The van der Waals surface area contributed by atoms with Crippen LogP contribution in [0.25, 0.3) is 11.1 Å². The van der Waals surface area contributed by atoms with E-state index in [1.165, 1.54) is 24.5 Å². The maximum absolute atomic E-state index is 14.1. The van der Waals surface area contributed by atoms with Gasteiger partial charge in [-0.15, -0.1) is 0 Å². The maximum atomic E-state index is 14.1. The molecule has 0 radical (unpaired) electrons. The highest BCUT2D eigenvalue weighted by atomic mass is 19.4. The van der Waals surface area contributed by atoms with Crippen LogP contribution in [-0.2, 0) is 12.6 Å². The number of rotatable bonds is 2. The SMILES string of the molecule is O=C(c1ocnc1C(F)(F)F)N1CCc2[nH]cnc2[C@H]1c1nc2c(F)cccc2o1. The van der Waals surface area contributed by atoms with Crippen LogP contribution in [0.15, 0.2) is 39.8 Å². The Labute approximate surface area is 164 Å². The molecule has 4 aromatic rings. The Kier molecular flexibility index (Phi) is 3.91. The van der Waals surface area contributed by atoms with Crippen molar-refractivity contribution in [3.8, 4) is 0 Å². The lowest BCUT2D eigenvalue weighted by Gasteiger charge is -2.32. The number of aromatic amines is 1. The molecular formula is C18H11F4N5O3. The van der Waals surface area contributed by atoms with Gasteiger partial charge in [0.25, 0.3) is 5.91 Å². The lowest BCUT2D eigenvalue weighted by atomic mass is 10.0. The number of carbonyl (C=O) groups excluding carboxylic acids is 1. The summed E-state index contributed by atoms with van der Waals surface area (Å²) >= 11 is 0. The van der Waals surface area contributed by atoms with Crippen molar-refractivity contribution in [3.05, 3.63) is 65.5 Å². The Morgan fingerprint density at radius 3 is 2.87 bits per heavy atom. The van der Waals surface area contributed by atoms with E-state index in [2.05, 4.69) is 19.9 Å². The number of amides is 1. The number of para-hydroxylation sites is 1. The van der Waals surface area contributed by atoms with Gasteiger partial charge in [0.2, 0.25) is 11.7 Å². The predicted molar refractivity (Wildman–Crippen MR) is 90.6 cm³/mol. The van der Waals surface area contributed by atoms with Gasteiger partial charge in [0.1, 0.15) is 5.52 Å². The zero-order valence-electron chi connectivity index (χ0n) is 14.9. The number of hydrogen-bond acceptors (Lipinski definition) is 6. The summed E-state index contributed by atoms with van der Waals surface area (Å²) in [5.41, 5.74) is -0.341. The molecule has 30 heavy (non-hydrogen) atoms. The van der Waals surface area contributed by atoms with E-state index < -0.39 is 35.4 Å². The van der Waals surface area contributed by atoms with Gasteiger partial charge in [-0.05, 0) is 12.1 Å². The van der Waals surface area contributed by atoms with Crippen molar-refractivity contribution < 1.29 is 31.2 Å². The summed E-state index contributed by atoms with van der Waals surface area (Å²) in [6.07, 6.45) is -2.61. The number of hydrogen-bond donors (Lipinski definition) is 1. The number of alkyl halides is 3. The van der Waals surface area contributed by atoms with E-state index >= 15 is 0 Å². The number of nitrogens with zero attached hydrogens (tertiary/aromatic N) is 4. The van der Waals surface area contributed by atoms with Crippen molar-refractivity contribution in [1.82, 2.24) is 24.8 Å². The zero-order chi connectivity index (χ0) is 21.0. The highest BCUT2D eigenvalue weighted by Gasteiger charge is 2.44. The molecule has 0 bridgehead atoms. The van der Waals surface area contributed by atoms with E-state index in [1.807, 2.05) is 0 Å². The van der Waals surface area contributed by atoms with Gasteiger partial charge in [0.05, 0.1) is 12.0 Å². The first-order valence-electron chi connectivity index (χ1n) is 8.73. The van der Waals surface area contributed by atoms with Crippen molar-refractivity contribution in [3.63, 3.8) is 0 Å². The zero-order valence-corrected chi connectivity index (χ0v) is 14.9. The molecule has 0 fully saturated rings. The monoisotopic (exact) mass is 421 g/mol. The average Bonchev–Trinajstić information content (AvgIpc) is 3.44. The van der Waals surface area contributed by atoms with Gasteiger partial charge in [-0.3, -0.25) is 4.79 Å². The van der Waals surface area contributed by atoms with Crippen LogP contribution < -0.4 is 0 Å². The highest BCUT2D eigenvalue weighted by molar-refractivity contribution is 5.93. The molecule has 0 aliphatic carbocycles. The van der Waals surface area contributed by atoms with Crippen molar-refractivity contribution in [2.45, 2.75) is 18.6 Å². The van der Waals surface area contributed by atoms with Crippen molar-refractivity contribution in [2.24, 2.45) is 0 Å². The summed E-state index contributed by atoms with van der Waals surface area (Å²) in [6, 6.07) is 3.04. The molecule has 1 amide bonds. The first kappa shape index (κ1) is 18.3.